The summed E-state index contributed by atoms with van der Waals surface area (Å²) >= 11 is 0. The van der Waals surface area contributed by atoms with Crippen molar-refractivity contribution in [1.29, 1.82) is 0 Å². The highest BCUT2D eigenvalue weighted by molar-refractivity contribution is 6.09. The summed E-state index contributed by atoms with van der Waals surface area (Å²) in [5.41, 5.74) is 2.60. The Kier molecular flexibility index (Phi) is 3.05. The number of hydrogen-bond acceptors (Lipinski definition) is 3. The SMILES string of the molecule is CC(C)n1cnc2c1C(=O)C(=CN(C)C)CC2. The molecule has 1 heterocycles. The second kappa shape index (κ2) is 4.35. The third kappa shape index (κ3) is 2.12. The molecule has 0 saturated carbocycles. The van der Waals surface area contributed by atoms with Crippen LogP contribution in [0.4, 0.5) is 0 Å². The van der Waals surface area contributed by atoms with Crippen molar-refractivity contribution < 1.29 is 4.79 Å². The minimum Gasteiger partial charge on any atom is -0.383 e. The van der Waals surface area contributed by atoms with Crippen LogP contribution in [-0.2, 0) is 6.42 Å². The lowest BCUT2D eigenvalue weighted by Gasteiger charge is -2.19. The first-order chi connectivity index (χ1) is 8.00. The number of Topliss-reactive ketones (excluding diaryl/α,β-unsaturated/α-hetero) is 1. The van der Waals surface area contributed by atoms with E-state index in [1.54, 1.807) is 6.33 Å². The predicted octanol–water partition coefficient (Wildman–Crippen LogP) is 2.04. The van der Waals surface area contributed by atoms with Gasteiger partial charge in [-0.25, -0.2) is 4.98 Å². The first kappa shape index (κ1) is 11.9. The highest BCUT2D eigenvalue weighted by Gasteiger charge is 2.27. The molecule has 0 N–H and O–H groups in total. The summed E-state index contributed by atoms with van der Waals surface area (Å²) in [6.45, 7) is 4.14. The second-order valence-corrected chi connectivity index (χ2v) is 4.99. The largest absolute Gasteiger partial charge is 0.383 e. The third-order valence-electron chi connectivity index (χ3n) is 2.98. The van der Waals surface area contributed by atoms with Gasteiger partial charge in [-0.15, -0.1) is 0 Å². The molecule has 0 amide bonds. The molecule has 4 heteroatoms. The lowest BCUT2D eigenvalue weighted by Crippen LogP contribution is -2.20. The van der Waals surface area contributed by atoms with Crippen LogP contribution in [-0.4, -0.2) is 34.3 Å². The van der Waals surface area contributed by atoms with Crippen LogP contribution in [0.25, 0.3) is 0 Å². The minimum atomic E-state index is 0.131. The van der Waals surface area contributed by atoms with Gasteiger partial charge in [0.05, 0.1) is 12.0 Å². The Hall–Kier alpha value is -1.58. The van der Waals surface area contributed by atoms with E-state index in [0.717, 1.165) is 29.8 Å². The van der Waals surface area contributed by atoms with E-state index in [9.17, 15) is 4.79 Å². The fraction of sp³-hybridized carbons (Fsp3) is 0.538. The van der Waals surface area contributed by atoms with Crippen LogP contribution in [0.5, 0.6) is 0 Å². The number of aromatic nitrogens is 2. The van der Waals surface area contributed by atoms with Crippen molar-refractivity contribution in [3.05, 3.63) is 29.5 Å². The summed E-state index contributed by atoms with van der Waals surface area (Å²) in [5.74, 6) is 0.131. The Morgan fingerprint density at radius 2 is 2.12 bits per heavy atom. The minimum absolute atomic E-state index is 0.131. The topological polar surface area (TPSA) is 38.1 Å². The summed E-state index contributed by atoms with van der Waals surface area (Å²) in [4.78, 5) is 18.7. The average molecular weight is 233 g/mol. The maximum atomic E-state index is 12.4. The molecule has 1 aliphatic rings. The van der Waals surface area contributed by atoms with Crippen LogP contribution >= 0.6 is 0 Å². The predicted molar refractivity (Wildman–Crippen MR) is 67.0 cm³/mol. The Labute approximate surface area is 102 Å². The standard InChI is InChI=1S/C13H19N3O/c1-9(2)16-8-14-11-6-5-10(7-15(3)4)13(17)12(11)16/h7-9H,5-6H2,1-4H3. The number of hydrogen-bond donors (Lipinski definition) is 0. The number of allylic oxidation sites excluding steroid dienone is 1. The lowest BCUT2D eigenvalue weighted by molar-refractivity contribution is 0.101. The summed E-state index contributed by atoms with van der Waals surface area (Å²) in [6.07, 6.45) is 5.36. The molecule has 0 saturated heterocycles. The van der Waals surface area contributed by atoms with Crippen molar-refractivity contribution >= 4 is 5.78 Å². The van der Waals surface area contributed by atoms with E-state index in [2.05, 4.69) is 18.8 Å². The van der Waals surface area contributed by atoms with E-state index in [1.165, 1.54) is 0 Å². The molecule has 17 heavy (non-hydrogen) atoms. The molecule has 0 fully saturated rings. The smallest absolute Gasteiger partial charge is 0.208 e. The molecule has 0 radical (unpaired) electrons. The Bertz CT molecular complexity index is 469. The van der Waals surface area contributed by atoms with Gasteiger partial charge in [-0.3, -0.25) is 4.79 Å². The molecule has 0 spiro atoms. The molecular weight excluding hydrogens is 214 g/mol. The summed E-state index contributed by atoms with van der Waals surface area (Å²) in [5, 5.41) is 0. The lowest BCUT2D eigenvalue weighted by atomic mass is 9.94. The fourth-order valence-corrected chi connectivity index (χ4v) is 2.18. The highest BCUT2D eigenvalue weighted by Crippen LogP contribution is 2.26. The quantitative estimate of drug-likeness (QED) is 0.734. The number of carbonyl (C=O) groups excluding carboxylic acids is 1. The maximum absolute atomic E-state index is 12.4. The van der Waals surface area contributed by atoms with Crippen LogP contribution in [0.3, 0.4) is 0 Å². The maximum Gasteiger partial charge on any atom is 0.208 e. The Morgan fingerprint density at radius 1 is 1.41 bits per heavy atom. The monoisotopic (exact) mass is 233 g/mol. The van der Waals surface area contributed by atoms with Crippen LogP contribution in [0.1, 0.15) is 42.5 Å². The summed E-state index contributed by atoms with van der Waals surface area (Å²) < 4.78 is 1.97. The van der Waals surface area contributed by atoms with Gasteiger partial charge in [0.2, 0.25) is 5.78 Å². The van der Waals surface area contributed by atoms with Gasteiger partial charge in [0.25, 0.3) is 0 Å². The van der Waals surface area contributed by atoms with Crippen LogP contribution in [0.2, 0.25) is 0 Å². The zero-order valence-corrected chi connectivity index (χ0v) is 10.9. The van der Waals surface area contributed by atoms with E-state index >= 15 is 0 Å². The molecule has 1 aromatic rings. The van der Waals surface area contributed by atoms with Crippen molar-refractivity contribution in [2.75, 3.05) is 14.1 Å². The van der Waals surface area contributed by atoms with Gasteiger partial charge in [0.1, 0.15) is 5.69 Å². The first-order valence-corrected chi connectivity index (χ1v) is 5.98. The zero-order valence-electron chi connectivity index (χ0n) is 10.9. The van der Waals surface area contributed by atoms with Gasteiger partial charge in [-0.1, -0.05) is 0 Å². The van der Waals surface area contributed by atoms with E-state index in [0.29, 0.717) is 0 Å². The summed E-state index contributed by atoms with van der Waals surface area (Å²) in [6, 6.07) is 0.272. The molecule has 92 valence electrons. The molecule has 0 aliphatic heterocycles. The molecule has 0 atom stereocenters. The van der Waals surface area contributed by atoms with Crippen molar-refractivity contribution in [2.24, 2.45) is 0 Å². The Morgan fingerprint density at radius 3 is 2.71 bits per heavy atom. The van der Waals surface area contributed by atoms with Gasteiger partial charge in [-0.05, 0) is 26.7 Å². The van der Waals surface area contributed by atoms with E-state index in [-0.39, 0.29) is 11.8 Å². The van der Waals surface area contributed by atoms with Gasteiger partial charge in [0, 0.05) is 31.9 Å². The molecule has 1 aliphatic carbocycles. The molecule has 2 rings (SSSR count). The van der Waals surface area contributed by atoms with Crippen molar-refractivity contribution in [3.8, 4) is 0 Å². The molecule has 0 aromatic carbocycles. The summed E-state index contributed by atoms with van der Waals surface area (Å²) in [7, 11) is 3.88. The number of nitrogens with zero attached hydrogens (tertiary/aromatic N) is 3. The highest BCUT2D eigenvalue weighted by atomic mass is 16.1. The molecule has 1 aromatic heterocycles. The molecule has 0 bridgehead atoms. The van der Waals surface area contributed by atoms with E-state index in [4.69, 9.17) is 0 Å². The molecule has 0 unspecified atom stereocenters. The number of imidazole rings is 1. The second-order valence-electron chi connectivity index (χ2n) is 4.99. The fourth-order valence-electron chi connectivity index (χ4n) is 2.18. The van der Waals surface area contributed by atoms with Crippen molar-refractivity contribution in [3.63, 3.8) is 0 Å². The number of fused-ring (bicyclic) bond motifs is 1. The molecular formula is C13H19N3O. The number of carbonyl (C=O) groups is 1. The normalized spacial score (nSPS) is 17.7. The average Bonchev–Trinajstić information content (AvgIpc) is 2.66. The van der Waals surface area contributed by atoms with Crippen LogP contribution in [0, 0.1) is 0 Å². The zero-order chi connectivity index (χ0) is 12.6. The van der Waals surface area contributed by atoms with Crippen molar-refractivity contribution in [1.82, 2.24) is 14.5 Å². The number of aryl methyl sites for hydroxylation is 1. The van der Waals surface area contributed by atoms with Crippen LogP contribution < -0.4 is 0 Å². The van der Waals surface area contributed by atoms with Gasteiger partial charge in [0.15, 0.2) is 0 Å². The van der Waals surface area contributed by atoms with E-state index < -0.39 is 0 Å². The Balaban J connectivity index is 2.43. The number of ketones is 1. The van der Waals surface area contributed by atoms with E-state index in [1.807, 2.05) is 29.8 Å². The van der Waals surface area contributed by atoms with Gasteiger partial charge in [-0.2, -0.15) is 0 Å². The van der Waals surface area contributed by atoms with Crippen molar-refractivity contribution in [2.45, 2.75) is 32.7 Å². The molecule has 4 nitrogen and oxygen atoms in total. The van der Waals surface area contributed by atoms with Gasteiger partial charge < -0.3 is 9.47 Å². The van der Waals surface area contributed by atoms with Gasteiger partial charge >= 0.3 is 0 Å². The van der Waals surface area contributed by atoms with Crippen LogP contribution in [0.15, 0.2) is 18.1 Å². The third-order valence-corrected chi connectivity index (χ3v) is 2.98. The first-order valence-electron chi connectivity index (χ1n) is 5.98. The number of rotatable bonds is 2.